The zero-order valence-corrected chi connectivity index (χ0v) is 9.24. The van der Waals surface area contributed by atoms with Crippen molar-refractivity contribution >= 4 is 11.3 Å². The van der Waals surface area contributed by atoms with Crippen molar-refractivity contribution in [2.75, 3.05) is 0 Å². The first-order valence-electron chi connectivity index (χ1n) is 4.73. The zero-order valence-electron chi connectivity index (χ0n) is 8.42. The Morgan fingerprint density at radius 2 is 2.00 bits per heavy atom. The molecule has 0 saturated carbocycles. The second-order valence-corrected chi connectivity index (χ2v) is 4.69. The fourth-order valence-electron chi connectivity index (χ4n) is 1.13. The lowest BCUT2D eigenvalue weighted by Crippen LogP contribution is -1.86. The van der Waals surface area contributed by atoms with Crippen LogP contribution in [0.3, 0.4) is 0 Å². The zero-order chi connectivity index (χ0) is 9.14. The van der Waals surface area contributed by atoms with Gasteiger partial charge in [0.15, 0.2) is 0 Å². The van der Waals surface area contributed by atoms with Crippen LogP contribution in [0.2, 0.25) is 0 Å². The molecule has 0 N–H and O–H groups in total. The predicted molar refractivity (Wildman–Crippen MR) is 57.1 cm³/mol. The quantitative estimate of drug-likeness (QED) is 0.650. The molecule has 68 valence electrons. The molecule has 1 aromatic rings. The summed E-state index contributed by atoms with van der Waals surface area (Å²) in [5, 5.41) is 2.30. The summed E-state index contributed by atoms with van der Waals surface area (Å²) in [4.78, 5) is 1.54. The van der Waals surface area contributed by atoms with E-state index < -0.39 is 0 Å². The fraction of sp³-hybridized carbons (Fsp3) is 0.636. The first kappa shape index (κ1) is 9.79. The summed E-state index contributed by atoms with van der Waals surface area (Å²) in [6.07, 6.45) is 1.25. The van der Waals surface area contributed by atoms with Crippen molar-refractivity contribution in [1.82, 2.24) is 0 Å². The van der Waals surface area contributed by atoms with Gasteiger partial charge in [0.1, 0.15) is 0 Å². The molecule has 0 saturated heterocycles. The van der Waals surface area contributed by atoms with Crippen LogP contribution < -0.4 is 0 Å². The molecule has 0 fully saturated rings. The van der Waals surface area contributed by atoms with Gasteiger partial charge < -0.3 is 0 Å². The van der Waals surface area contributed by atoms with Crippen molar-refractivity contribution < 1.29 is 0 Å². The van der Waals surface area contributed by atoms with Gasteiger partial charge in [-0.25, -0.2) is 0 Å². The average molecular weight is 182 g/mol. The highest BCUT2D eigenvalue weighted by atomic mass is 32.1. The van der Waals surface area contributed by atoms with E-state index in [0.29, 0.717) is 5.92 Å². The number of thiophene rings is 1. The molecule has 0 aliphatic rings. The number of hydrogen-bond donors (Lipinski definition) is 0. The molecule has 1 unspecified atom stereocenters. The van der Waals surface area contributed by atoms with Gasteiger partial charge in [-0.3, -0.25) is 0 Å². The van der Waals surface area contributed by atoms with Gasteiger partial charge in [0.2, 0.25) is 0 Å². The second kappa shape index (κ2) is 4.08. The summed E-state index contributed by atoms with van der Waals surface area (Å²) in [6, 6.07) is 2.36. The smallest absolute Gasteiger partial charge is 0.00762 e. The summed E-state index contributed by atoms with van der Waals surface area (Å²) >= 11 is 1.91. The van der Waals surface area contributed by atoms with Gasteiger partial charge in [-0.1, -0.05) is 27.7 Å². The molecule has 0 nitrogen and oxygen atoms in total. The topological polar surface area (TPSA) is 0 Å². The molecule has 0 aliphatic heterocycles. The summed E-state index contributed by atoms with van der Waals surface area (Å²) in [7, 11) is 0. The van der Waals surface area contributed by atoms with Crippen molar-refractivity contribution in [3.05, 3.63) is 21.9 Å². The minimum Gasteiger partial charge on any atom is -0.148 e. The van der Waals surface area contributed by atoms with Gasteiger partial charge in [-0.2, -0.15) is 0 Å². The Morgan fingerprint density at radius 1 is 1.33 bits per heavy atom. The van der Waals surface area contributed by atoms with Gasteiger partial charge in [-0.15, -0.1) is 11.3 Å². The van der Waals surface area contributed by atoms with Crippen molar-refractivity contribution in [2.45, 2.75) is 46.0 Å². The summed E-state index contributed by atoms with van der Waals surface area (Å²) < 4.78 is 0. The Bertz CT molecular complexity index is 235. The Labute approximate surface area is 79.6 Å². The van der Waals surface area contributed by atoms with E-state index in [1.54, 1.807) is 4.88 Å². The molecule has 1 aromatic heterocycles. The molecule has 12 heavy (non-hydrogen) atoms. The van der Waals surface area contributed by atoms with Gasteiger partial charge in [0.25, 0.3) is 0 Å². The third-order valence-corrected chi connectivity index (χ3v) is 3.59. The number of hydrogen-bond acceptors (Lipinski definition) is 1. The van der Waals surface area contributed by atoms with Crippen LogP contribution >= 0.6 is 11.3 Å². The summed E-state index contributed by atoms with van der Waals surface area (Å²) in [5.41, 5.74) is 1.50. The van der Waals surface area contributed by atoms with E-state index in [9.17, 15) is 0 Å². The van der Waals surface area contributed by atoms with E-state index in [-0.39, 0.29) is 0 Å². The average Bonchev–Trinajstić information content (AvgIpc) is 2.51. The standard InChI is InChI=1S/C11H18S/c1-5-9(4)11-6-10(7-12-11)8(2)3/h6-9H,5H2,1-4H3. The molecule has 1 heteroatoms. The molecule has 1 heterocycles. The van der Waals surface area contributed by atoms with Gasteiger partial charge >= 0.3 is 0 Å². The third kappa shape index (κ3) is 2.10. The largest absolute Gasteiger partial charge is 0.148 e. The van der Waals surface area contributed by atoms with E-state index in [2.05, 4.69) is 39.1 Å². The fourth-order valence-corrected chi connectivity index (χ4v) is 2.35. The minimum absolute atomic E-state index is 0.680. The Balaban J connectivity index is 2.77. The maximum atomic E-state index is 2.36. The molecule has 0 spiro atoms. The van der Waals surface area contributed by atoms with E-state index in [1.165, 1.54) is 12.0 Å². The Hall–Kier alpha value is -0.300. The third-order valence-electron chi connectivity index (χ3n) is 2.40. The highest BCUT2D eigenvalue weighted by Gasteiger charge is 2.07. The van der Waals surface area contributed by atoms with Crippen molar-refractivity contribution in [1.29, 1.82) is 0 Å². The molecule has 1 atom stereocenters. The molecule has 0 bridgehead atoms. The summed E-state index contributed by atoms with van der Waals surface area (Å²) in [5.74, 6) is 1.42. The Morgan fingerprint density at radius 3 is 2.42 bits per heavy atom. The van der Waals surface area contributed by atoms with Gasteiger partial charge in [0.05, 0.1) is 0 Å². The normalized spacial score (nSPS) is 13.8. The van der Waals surface area contributed by atoms with E-state index in [1.807, 2.05) is 11.3 Å². The van der Waals surface area contributed by atoms with Crippen LogP contribution in [-0.4, -0.2) is 0 Å². The molecule has 0 amide bonds. The predicted octanol–water partition coefficient (Wildman–Crippen LogP) is 4.39. The minimum atomic E-state index is 0.680. The van der Waals surface area contributed by atoms with Crippen LogP contribution in [0.5, 0.6) is 0 Å². The van der Waals surface area contributed by atoms with Crippen LogP contribution in [0.4, 0.5) is 0 Å². The van der Waals surface area contributed by atoms with Gasteiger partial charge in [0, 0.05) is 4.88 Å². The molecule has 0 aliphatic carbocycles. The molecule has 1 rings (SSSR count). The lowest BCUT2D eigenvalue weighted by molar-refractivity contribution is 0.745. The maximum Gasteiger partial charge on any atom is 0.00762 e. The van der Waals surface area contributed by atoms with E-state index >= 15 is 0 Å². The molecule has 0 aromatic carbocycles. The van der Waals surface area contributed by atoms with Crippen LogP contribution in [-0.2, 0) is 0 Å². The van der Waals surface area contributed by atoms with Crippen LogP contribution in [0.25, 0.3) is 0 Å². The first-order chi connectivity index (χ1) is 5.65. The lowest BCUT2D eigenvalue weighted by atomic mass is 10.0. The lowest BCUT2D eigenvalue weighted by Gasteiger charge is -2.03. The van der Waals surface area contributed by atoms with Crippen LogP contribution in [0.15, 0.2) is 11.4 Å². The van der Waals surface area contributed by atoms with Crippen molar-refractivity contribution in [2.24, 2.45) is 0 Å². The highest BCUT2D eigenvalue weighted by molar-refractivity contribution is 7.10. The maximum absolute atomic E-state index is 2.36. The number of rotatable bonds is 3. The summed E-state index contributed by atoms with van der Waals surface area (Å²) in [6.45, 7) is 9.06. The molecule has 0 radical (unpaired) electrons. The first-order valence-corrected chi connectivity index (χ1v) is 5.61. The van der Waals surface area contributed by atoms with Crippen LogP contribution in [0.1, 0.15) is 56.4 Å². The van der Waals surface area contributed by atoms with E-state index in [0.717, 1.165) is 5.92 Å². The highest BCUT2D eigenvalue weighted by Crippen LogP contribution is 2.29. The van der Waals surface area contributed by atoms with Crippen molar-refractivity contribution in [3.8, 4) is 0 Å². The molecular weight excluding hydrogens is 164 g/mol. The molecular formula is C11H18S. The van der Waals surface area contributed by atoms with Gasteiger partial charge in [-0.05, 0) is 35.3 Å². The monoisotopic (exact) mass is 182 g/mol. The van der Waals surface area contributed by atoms with E-state index in [4.69, 9.17) is 0 Å². The second-order valence-electron chi connectivity index (χ2n) is 3.75. The Kier molecular flexibility index (Phi) is 3.33. The van der Waals surface area contributed by atoms with Crippen LogP contribution in [0, 0.1) is 0 Å². The SMILES string of the molecule is CCC(C)c1cc(C(C)C)cs1. The van der Waals surface area contributed by atoms with Crippen molar-refractivity contribution in [3.63, 3.8) is 0 Å².